The maximum Gasteiger partial charge on any atom is 0.251 e. The average Bonchev–Trinajstić information content (AvgIpc) is 2.26. The fourth-order valence-corrected chi connectivity index (χ4v) is 2.43. The van der Waals surface area contributed by atoms with Gasteiger partial charge in [0.2, 0.25) is 0 Å². The summed E-state index contributed by atoms with van der Waals surface area (Å²) in [6, 6.07) is 5.62. The van der Waals surface area contributed by atoms with Gasteiger partial charge in [0.25, 0.3) is 5.56 Å². The van der Waals surface area contributed by atoms with Crippen LogP contribution in [-0.4, -0.2) is 15.1 Å². The molecule has 4 nitrogen and oxygen atoms in total. The van der Waals surface area contributed by atoms with E-state index < -0.39 is 5.82 Å². The van der Waals surface area contributed by atoms with E-state index in [9.17, 15) is 9.18 Å². The topological polar surface area (TPSA) is 66.0 Å². The fraction of sp³-hybridized carbons (Fsp3) is 0.167. The van der Waals surface area contributed by atoms with Crippen molar-refractivity contribution in [3.8, 4) is 0 Å². The largest absolute Gasteiger partial charge is 0.392 e. The molecule has 0 spiro atoms. The third-order valence-corrected chi connectivity index (χ3v) is 3.03. The van der Waals surface area contributed by atoms with E-state index in [0.29, 0.717) is 21.3 Å². The van der Waals surface area contributed by atoms with E-state index in [1.807, 2.05) is 0 Å². The number of aliphatic hydroxyl groups excluding tert-OH is 1. The summed E-state index contributed by atoms with van der Waals surface area (Å²) in [5, 5.41) is 9.39. The van der Waals surface area contributed by atoms with Gasteiger partial charge in [0, 0.05) is 16.7 Å². The van der Waals surface area contributed by atoms with Crippen molar-refractivity contribution >= 4 is 11.8 Å². The van der Waals surface area contributed by atoms with Crippen molar-refractivity contribution in [2.24, 2.45) is 0 Å². The molecule has 18 heavy (non-hydrogen) atoms. The minimum absolute atomic E-state index is 0.233. The Labute approximate surface area is 107 Å². The van der Waals surface area contributed by atoms with Crippen LogP contribution in [0.2, 0.25) is 0 Å². The van der Waals surface area contributed by atoms with Gasteiger partial charge in [-0.3, -0.25) is 4.79 Å². The average molecular weight is 266 g/mol. The summed E-state index contributed by atoms with van der Waals surface area (Å²) in [7, 11) is 0. The van der Waals surface area contributed by atoms with Crippen molar-refractivity contribution in [3.63, 3.8) is 0 Å². The second kappa shape index (κ2) is 5.32. The Bertz CT molecular complexity index is 628. The maximum absolute atomic E-state index is 13.3. The SMILES string of the molecule is Cc1cc(=O)[nH]c(Sc2cc(F)cc(CO)c2)n1. The van der Waals surface area contributed by atoms with Gasteiger partial charge in [0.1, 0.15) is 5.82 Å². The first-order valence-corrected chi connectivity index (χ1v) is 6.04. The number of nitrogens with one attached hydrogen (secondary N) is 1. The van der Waals surface area contributed by atoms with Crippen LogP contribution in [0.4, 0.5) is 4.39 Å². The molecule has 6 heteroatoms. The molecule has 1 aromatic carbocycles. The van der Waals surface area contributed by atoms with Gasteiger partial charge in [0.05, 0.1) is 6.61 Å². The van der Waals surface area contributed by atoms with Crippen molar-refractivity contribution in [1.29, 1.82) is 0 Å². The second-order valence-electron chi connectivity index (χ2n) is 3.75. The Morgan fingerprint density at radius 1 is 1.39 bits per heavy atom. The highest BCUT2D eigenvalue weighted by atomic mass is 32.2. The molecular weight excluding hydrogens is 255 g/mol. The Morgan fingerprint density at radius 3 is 2.83 bits per heavy atom. The number of H-pyrrole nitrogens is 1. The van der Waals surface area contributed by atoms with Gasteiger partial charge in [-0.05, 0) is 30.7 Å². The second-order valence-corrected chi connectivity index (χ2v) is 4.81. The van der Waals surface area contributed by atoms with Crippen LogP contribution >= 0.6 is 11.8 Å². The number of nitrogens with zero attached hydrogens (tertiary/aromatic N) is 1. The number of halogens is 1. The summed E-state index contributed by atoms with van der Waals surface area (Å²) in [4.78, 5) is 18.5. The lowest BCUT2D eigenvalue weighted by atomic mass is 10.2. The van der Waals surface area contributed by atoms with Crippen LogP contribution in [0.3, 0.4) is 0 Å². The predicted octanol–water partition coefficient (Wildman–Crippen LogP) is 1.86. The molecule has 0 radical (unpaired) electrons. The van der Waals surface area contributed by atoms with Crippen LogP contribution < -0.4 is 5.56 Å². The first-order chi connectivity index (χ1) is 8.56. The molecule has 0 aliphatic heterocycles. The Hall–Kier alpha value is -1.66. The number of aromatic nitrogens is 2. The zero-order chi connectivity index (χ0) is 13.1. The molecule has 2 rings (SSSR count). The summed E-state index contributed by atoms with van der Waals surface area (Å²) in [5.41, 5.74) is 0.830. The molecule has 0 saturated heterocycles. The zero-order valence-electron chi connectivity index (χ0n) is 9.61. The van der Waals surface area contributed by atoms with E-state index in [2.05, 4.69) is 9.97 Å². The molecule has 0 amide bonds. The monoisotopic (exact) mass is 266 g/mol. The van der Waals surface area contributed by atoms with Gasteiger partial charge in [0.15, 0.2) is 5.16 Å². The number of benzene rings is 1. The predicted molar refractivity (Wildman–Crippen MR) is 66.0 cm³/mol. The van der Waals surface area contributed by atoms with E-state index in [-0.39, 0.29) is 12.2 Å². The van der Waals surface area contributed by atoms with Gasteiger partial charge in [-0.25, -0.2) is 9.37 Å². The highest BCUT2D eigenvalue weighted by molar-refractivity contribution is 7.99. The molecule has 1 heterocycles. The molecule has 1 aromatic heterocycles. The molecule has 0 bridgehead atoms. The summed E-state index contributed by atoms with van der Waals surface area (Å²) in [6.07, 6.45) is 0. The maximum atomic E-state index is 13.3. The third-order valence-electron chi connectivity index (χ3n) is 2.18. The molecule has 2 N–H and O–H groups in total. The highest BCUT2D eigenvalue weighted by Gasteiger charge is 2.05. The molecule has 0 saturated carbocycles. The van der Waals surface area contributed by atoms with Crippen molar-refractivity contribution in [2.45, 2.75) is 23.6 Å². The molecule has 0 atom stereocenters. The van der Waals surface area contributed by atoms with Crippen molar-refractivity contribution in [3.05, 3.63) is 51.7 Å². The van der Waals surface area contributed by atoms with E-state index in [0.717, 1.165) is 11.8 Å². The quantitative estimate of drug-likeness (QED) is 0.832. The lowest BCUT2D eigenvalue weighted by Crippen LogP contribution is -2.07. The van der Waals surface area contributed by atoms with Gasteiger partial charge in [-0.15, -0.1) is 0 Å². The Balaban J connectivity index is 2.33. The van der Waals surface area contributed by atoms with E-state index in [1.165, 1.54) is 18.2 Å². The standard InChI is InChI=1S/C12H11FN2O2S/c1-7-2-11(17)15-12(14-7)18-10-4-8(6-16)3-9(13)5-10/h2-5,16H,6H2,1H3,(H,14,15,17). The Kier molecular flexibility index (Phi) is 3.78. The number of rotatable bonds is 3. The van der Waals surface area contributed by atoms with E-state index in [4.69, 9.17) is 5.11 Å². The molecule has 0 unspecified atom stereocenters. The lowest BCUT2D eigenvalue weighted by molar-refractivity contribution is 0.281. The van der Waals surface area contributed by atoms with Gasteiger partial charge in [-0.1, -0.05) is 11.8 Å². The molecular formula is C12H11FN2O2S. The van der Waals surface area contributed by atoms with Crippen molar-refractivity contribution in [1.82, 2.24) is 9.97 Å². The number of hydrogen-bond donors (Lipinski definition) is 2. The summed E-state index contributed by atoms with van der Waals surface area (Å²) in [6.45, 7) is 1.48. The molecule has 0 aliphatic rings. The Morgan fingerprint density at radius 2 is 2.17 bits per heavy atom. The minimum Gasteiger partial charge on any atom is -0.392 e. The summed E-state index contributed by atoms with van der Waals surface area (Å²) in [5.74, 6) is -0.431. The van der Waals surface area contributed by atoms with Crippen molar-refractivity contribution in [2.75, 3.05) is 0 Å². The zero-order valence-corrected chi connectivity index (χ0v) is 10.4. The first kappa shape index (κ1) is 12.8. The van der Waals surface area contributed by atoms with Crippen LogP contribution in [0.25, 0.3) is 0 Å². The highest BCUT2D eigenvalue weighted by Crippen LogP contribution is 2.25. The van der Waals surface area contributed by atoms with Gasteiger partial charge in [-0.2, -0.15) is 0 Å². The summed E-state index contributed by atoms with van der Waals surface area (Å²) < 4.78 is 13.3. The number of hydrogen-bond acceptors (Lipinski definition) is 4. The number of aromatic amines is 1. The lowest BCUT2D eigenvalue weighted by Gasteiger charge is -2.04. The van der Waals surface area contributed by atoms with Crippen LogP contribution in [0, 0.1) is 12.7 Å². The number of aryl methyl sites for hydroxylation is 1. The number of aliphatic hydroxyl groups is 1. The molecule has 0 fully saturated rings. The van der Waals surface area contributed by atoms with Crippen molar-refractivity contribution < 1.29 is 9.50 Å². The molecule has 2 aromatic rings. The minimum atomic E-state index is -0.431. The van der Waals surface area contributed by atoms with E-state index >= 15 is 0 Å². The summed E-state index contributed by atoms with van der Waals surface area (Å²) >= 11 is 1.14. The van der Waals surface area contributed by atoms with Gasteiger partial charge < -0.3 is 10.1 Å². The fourth-order valence-electron chi connectivity index (χ4n) is 1.48. The van der Waals surface area contributed by atoms with Gasteiger partial charge >= 0.3 is 0 Å². The smallest absolute Gasteiger partial charge is 0.251 e. The van der Waals surface area contributed by atoms with Crippen LogP contribution in [0.15, 0.2) is 39.1 Å². The van der Waals surface area contributed by atoms with Crippen LogP contribution in [0.5, 0.6) is 0 Å². The first-order valence-electron chi connectivity index (χ1n) is 5.23. The van der Waals surface area contributed by atoms with Crippen LogP contribution in [-0.2, 0) is 6.61 Å². The van der Waals surface area contributed by atoms with E-state index in [1.54, 1.807) is 13.0 Å². The molecule has 0 aliphatic carbocycles. The molecule has 94 valence electrons. The van der Waals surface area contributed by atoms with Crippen LogP contribution in [0.1, 0.15) is 11.3 Å². The third kappa shape index (κ3) is 3.18. The normalized spacial score (nSPS) is 10.6.